The Hall–Kier alpha value is -1.95. The highest BCUT2D eigenvalue weighted by atomic mass is 35.5. The molecule has 3 rings (SSSR count). The van der Waals surface area contributed by atoms with E-state index in [4.69, 9.17) is 21.1 Å². The number of carbonyl (C=O) groups excluding carboxylic acids is 1. The lowest BCUT2D eigenvalue weighted by Crippen LogP contribution is -2.35. The molecule has 2 aliphatic rings. The molecule has 0 bridgehead atoms. The summed E-state index contributed by atoms with van der Waals surface area (Å²) in [7, 11) is 0. The molecule has 1 N–H and O–H groups in total. The van der Waals surface area contributed by atoms with E-state index < -0.39 is 11.4 Å². The highest BCUT2D eigenvalue weighted by molar-refractivity contribution is 6.32. The maximum absolute atomic E-state index is 12.4. The number of aliphatic carboxylic acids is 1. The first kappa shape index (κ1) is 15.9. The van der Waals surface area contributed by atoms with Gasteiger partial charge in [-0.3, -0.25) is 9.59 Å². The van der Waals surface area contributed by atoms with Crippen molar-refractivity contribution in [2.45, 2.75) is 19.8 Å². The average molecular weight is 340 g/mol. The number of carbonyl (C=O) groups is 2. The number of amides is 1. The van der Waals surface area contributed by atoms with Crippen LogP contribution in [0, 0.1) is 5.41 Å². The quantitative estimate of drug-likeness (QED) is 0.911. The van der Waals surface area contributed by atoms with Gasteiger partial charge in [0.15, 0.2) is 11.5 Å². The normalized spacial score (nSPS) is 23.0. The van der Waals surface area contributed by atoms with Crippen molar-refractivity contribution in [2.24, 2.45) is 5.41 Å². The van der Waals surface area contributed by atoms with Crippen LogP contribution in [0.3, 0.4) is 0 Å². The number of carboxylic acid groups (broad SMARTS) is 1. The minimum absolute atomic E-state index is 0.109. The third-order valence-electron chi connectivity index (χ3n) is 4.35. The maximum Gasteiger partial charge on any atom is 0.311 e. The van der Waals surface area contributed by atoms with Crippen molar-refractivity contribution in [2.75, 3.05) is 26.3 Å². The molecule has 1 fully saturated rings. The van der Waals surface area contributed by atoms with E-state index in [2.05, 4.69) is 0 Å². The number of fused-ring (bicyclic) bond motifs is 1. The molecule has 1 atom stereocenters. The zero-order valence-electron chi connectivity index (χ0n) is 12.8. The molecular formula is C16H18ClNO5. The molecule has 0 radical (unpaired) electrons. The van der Waals surface area contributed by atoms with Crippen molar-refractivity contribution in [3.63, 3.8) is 0 Å². The van der Waals surface area contributed by atoms with Crippen molar-refractivity contribution in [3.8, 4) is 11.5 Å². The van der Waals surface area contributed by atoms with Crippen molar-refractivity contribution in [3.05, 3.63) is 22.7 Å². The first-order chi connectivity index (χ1) is 10.9. The van der Waals surface area contributed by atoms with Gasteiger partial charge in [0.1, 0.15) is 13.2 Å². The second-order valence-corrected chi connectivity index (χ2v) is 6.62. The number of halogens is 1. The van der Waals surface area contributed by atoms with Crippen LogP contribution in [0.1, 0.15) is 18.9 Å². The molecule has 2 heterocycles. The van der Waals surface area contributed by atoms with Crippen molar-refractivity contribution >= 4 is 23.5 Å². The fraction of sp³-hybridized carbons (Fsp3) is 0.500. The van der Waals surface area contributed by atoms with Crippen LogP contribution in [-0.2, 0) is 16.0 Å². The Morgan fingerprint density at radius 2 is 2.09 bits per heavy atom. The van der Waals surface area contributed by atoms with Gasteiger partial charge in [-0.05, 0) is 31.0 Å². The Balaban J connectivity index is 1.72. The van der Waals surface area contributed by atoms with Crippen LogP contribution in [0.5, 0.6) is 11.5 Å². The summed E-state index contributed by atoms with van der Waals surface area (Å²) < 4.78 is 11.0. The van der Waals surface area contributed by atoms with Gasteiger partial charge in [0.05, 0.1) is 16.9 Å². The summed E-state index contributed by atoms with van der Waals surface area (Å²) in [5.41, 5.74) is -0.131. The molecular weight excluding hydrogens is 322 g/mol. The number of likely N-dealkylation sites (tertiary alicyclic amines) is 1. The number of hydrogen-bond acceptors (Lipinski definition) is 4. The summed E-state index contributed by atoms with van der Waals surface area (Å²) in [6.45, 7) is 3.26. The summed E-state index contributed by atoms with van der Waals surface area (Å²) in [5, 5.41) is 9.66. The average Bonchev–Trinajstić information content (AvgIpc) is 2.91. The first-order valence-corrected chi connectivity index (χ1v) is 7.86. The molecule has 0 aromatic heterocycles. The molecule has 23 heavy (non-hydrogen) atoms. The maximum atomic E-state index is 12.4. The van der Waals surface area contributed by atoms with E-state index in [0.29, 0.717) is 42.7 Å². The SMILES string of the molecule is C[C@@]1(C(=O)O)CCN(C(=O)Cc2cc(Cl)c3c(c2)OCCO3)C1. The molecule has 0 saturated carbocycles. The van der Waals surface area contributed by atoms with Gasteiger partial charge in [0.2, 0.25) is 5.91 Å². The van der Waals surface area contributed by atoms with E-state index in [1.54, 1.807) is 24.0 Å². The van der Waals surface area contributed by atoms with Gasteiger partial charge in [-0.1, -0.05) is 11.6 Å². The molecule has 0 spiro atoms. The van der Waals surface area contributed by atoms with Crippen LogP contribution >= 0.6 is 11.6 Å². The molecule has 0 aliphatic carbocycles. The highest BCUT2D eigenvalue weighted by Gasteiger charge is 2.42. The molecule has 1 amide bonds. The van der Waals surface area contributed by atoms with Crippen molar-refractivity contribution < 1.29 is 24.2 Å². The Bertz CT molecular complexity index is 662. The van der Waals surface area contributed by atoms with Gasteiger partial charge >= 0.3 is 5.97 Å². The van der Waals surface area contributed by atoms with E-state index in [1.165, 1.54) is 0 Å². The molecule has 0 unspecified atom stereocenters. The van der Waals surface area contributed by atoms with Gasteiger partial charge in [-0.2, -0.15) is 0 Å². The molecule has 1 aromatic carbocycles. The molecule has 2 aliphatic heterocycles. The van der Waals surface area contributed by atoms with Crippen LogP contribution < -0.4 is 9.47 Å². The van der Waals surface area contributed by atoms with Crippen molar-refractivity contribution in [1.82, 2.24) is 4.90 Å². The summed E-state index contributed by atoms with van der Waals surface area (Å²) in [4.78, 5) is 25.3. The second kappa shape index (κ2) is 5.92. The van der Waals surface area contributed by atoms with Gasteiger partial charge in [-0.25, -0.2) is 0 Å². The van der Waals surface area contributed by atoms with E-state index in [1.807, 2.05) is 0 Å². The molecule has 1 saturated heterocycles. The lowest BCUT2D eigenvalue weighted by atomic mass is 9.90. The largest absolute Gasteiger partial charge is 0.486 e. The lowest BCUT2D eigenvalue weighted by Gasteiger charge is -2.22. The smallest absolute Gasteiger partial charge is 0.311 e. The number of carboxylic acids is 1. The van der Waals surface area contributed by atoms with E-state index in [-0.39, 0.29) is 18.9 Å². The van der Waals surface area contributed by atoms with Crippen molar-refractivity contribution in [1.29, 1.82) is 0 Å². The third kappa shape index (κ3) is 3.08. The van der Waals surface area contributed by atoms with Crippen LogP contribution in [0.15, 0.2) is 12.1 Å². The fourth-order valence-corrected chi connectivity index (χ4v) is 3.19. The Morgan fingerprint density at radius 1 is 1.35 bits per heavy atom. The summed E-state index contributed by atoms with van der Waals surface area (Å²) in [6, 6.07) is 3.45. The van der Waals surface area contributed by atoms with Gasteiger partial charge in [0.25, 0.3) is 0 Å². The van der Waals surface area contributed by atoms with Crippen LogP contribution in [0.25, 0.3) is 0 Å². The predicted molar refractivity (Wildman–Crippen MR) is 83.1 cm³/mol. The zero-order chi connectivity index (χ0) is 16.6. The third-order valence-corrected chi connectivity index (χ3v) is 4.64. The summed E-state index contributed by atoms with van der Waals surface area (Å²) in [5.74, 6) is 0.0787. The fourth-order valence-electron chi connectivity index (χ4n) is 2.90. The standard InChI is InChI=1S/C16H18ClNO5/c1-16(15(20)21)2-3-18(9-16)13(19)8-10-6-11(17)14-12(7-10)22-4-5-23-14/h6-7H,2-5,8-9H2,1H3,(H,20,21)/t16-/m1/s1. The number of rotatable bonds is 3. The number of hydrogen-bond donors (Lipinski definition) is 1. The van der Waals surface area contributed by atoms with Crippen LogP contribution in [0.2, 0.25) is 5.02 Å². The lowest BCUT2D eigenvalue weighted by molar-refractivity contribution is -0.147. The number of nitrogens with zero attached hydrogens (tertiary/aromatic N) is 1. The van der Waals surface area contributed by atoms with E-state index >= 15 is 0 Å². The molecule has 124 valence electrons. The molecule has 1 aromatic rings. The Morgan fingerprint density at radius 3 is 2.78 bits per heavy atom. The van der Waals surface area contributed by atoms with Crippen LogP contribution in [-0.4, -0.2) is 48.2 Å². The number of ether oxygens (including phenoxy) is 2. The first-order valence-electron chi connectivity index (χ1n) is 7.48. The Kier molecular flexibility index (Phi) is 4.10. The summed E-state index contributed by atoms with van der Waals surface area (Å²) >= 11 is 6.17. The predicted octanol–water partition coefficient (Wildman–Crippen LogP) is 1.98. The van der Waals surface area contributed by atoms with Gasteiger partial charge in [0, 0.05) is 13.1 Å². The van der Waals surface area contributed by atoms with E-state index in [0.717, 1.165) is 5.56 Å². The van der Waals surface area contributed by atoms with Crippen LogP contribution in [0.4, 0.5) is 0 Å². The topological polar surface area (TPSA) is 76.1 Å². The zero-order valence-corrected chi connectivity index (χ0v) is 13.6. The van der Waals surface area contributed by atoms with Gasteiger partial charge < -0.3 is 19.5 Å². The molecule has 6 nitrogen and oxygen atoms in total. The minimum atomic E-state index is -0.866. The van der Waals surface area contributed by atoms with E-state index in [9.17, 15) is 14.7 Å². The summed E-state index contributed by atoms with van der Waals surface area (Å²) in [6.07, 6.45) is 0.627. The monoisotopic (exact) mass is 339 g/mol. The minimum Gasteiger partial charge on any atom is -0.486 e. The highest BCUT2D eigenvalue weighted by Crippen LogP contribution is 2.38. The number of benzene rings is 1. The Labute approximate surface area is 138 Å². The molecule has 7 heteroatoms. The van der Waals surface area contributed by atoms with Gasteiger partial charge in [-0.15, -0.1) is 0 Å². The second-order valence-electron chi connectivity index (χ2n) is 6.21.